The Labute approximate surface area is 153 Å². The van der Waals surface area contributed by atoms with Crippen LogP contribution >= 0.6 is 11.5 Å². The number of imide groups is 1. The van der Waals surface area contributed by atoms with E-state index < -0.39 is 23.4 Å². The van der Waals surface area contributed by atoms with Crippen molar-refractivity contribution in [3.8, 4) is 11.6 Å². The van der Waals surface area contributed by atoms with E-state index in [1.165, 1.54) is 20.3 Å². The molecule has 1 aromatic heterocycles. The Kier molecular flexibility index (Phi) is 4.51. The van der Waals surface area contributed by atoms with Crippen LogP contribution in [0.25, 0.3) is 0 Å². The van der Waals surface area contributed by atoms with Gasteiger partial charge < -0.3 is 14.8 Å². The fraction of sp³-hybridized carbons (Fsp3) is 0.250. The van der Waals surface area contributed by atoms with Crippen LogP contribution < -0.4 is 20.2 Å². The monoisotopic (exact) mass is 376 g/mol. The van der Waals surface area contributed by atoms with Crippen LogP contribution in [0, 0.1) is 0 Å². The van der Waals surface area contributed by atoms with E-state index in [4.69, 9.17) is 9.47 Å². The molecule has 1 saturated heterocycles. The molecule has 0 bridgehead atoms. The van der Waals surface area contributed by atoms with E-state index in [9.17, 15) is 14.4 Å². The summed E-state index contributed by atoms with van der Waals surface area (Å²) < 4.78 is 13.9. The molecular weight excluding hydrogens is 360 g/mol. The van der Waals surface area contributed by atoms with Gasteiger partial charge in [-0.2, -0.15) is 9.38 Å². The number of nitrogens with one attached hydrogen (secondary N) is 2. The molecule has 136 valence electrons. The lowest BCUT2D eigenvalue weighted by Gasteiger charge is -2.22. The molecule has 0 radical (unpaired) electrons. The van der Waals surface area contributed by atoms with E-state index in [2.05, 4.69) is 15.1 Å². The minimum Gasteiger partial charge on any atom is -0.497 e. The summed E-state index contributed by atoms with van der Waals surface area (Å²) in [6, 6.07) is 7.42. The quantitative estimate of drug-likeness (QED) is 0.761. The van der Waals surface area contributed by atoms with Gasteiger partial charge in [-0.25, -0.2) is 4.79 Å². The molecule has 2 N–H and O–H groups in total. The van der Waals surface area contributed by atoms with Crippen molar-refractivity contribution in [2.24, 2.45) is 0 Å². The number of ether oxygens (including phenoxy) is 2. The van der Waals surface area contributed by atoms with Gasteiger partial charge in [-0.3, -0.25) is 15.0 Å². The Morgan fingerprint density at radius 1 is 1.23 bits per heavy atom. The number of amides is 4. The van der Waals surface area contributed by atoms with Gasteiger partial charge in [0.05, 0.1) is 14.2 Å². The Bertz CT molecular complexity index is 866. The third kappa shape index (κ3) is 2.94. The van der Waals surface area contributed by atoms with Crippen LogP contribution in [0.2, 0.25) is 0 Å². The van der Waals surface area contributed by atoms with Crippen LogP contribution in [-0.2, 0) is 10.3 Å². The van der Waals surface area contributed by atoms with Crippen molar-refractivity contribution in [1.29, 1.82) is 0 Å². The number of carbonyl (C=O) groups excluding carboxylic acids is 3. The number of hydrogen-bond donors (Lipinski definition) is 2. The van der Waals surface area contributed by atoms with E-state index in [1.54, 1.807) is 31.2 Å². The fourth-order valence-electron chi connectivity index (χ4n) is 2.48. The zero-order chi connectivity index (χ0) is 18.9. The predicted octanol–water partition coefficient (Wildman–Crippen LogP) is 1.27. The van der Waals surface area contributed by atoms with Gasteiger partial charge in [-0.1, -0.05) is 12.1 Å². The summed E-state index contributed by atoms with van der Waals surface area (Å²) in [6.07, 6.45) is 0. The Balaban J connectivity index is 1.80. The van der Waals surface area contributed by atoms with Gasteiger partial charge in [0.25, 0.3) is 11.8 Å². The standard InChI is InChI=1S/C16H16N4O5S/c1-16(9-4-6-10(24-2)7-5-9)14(22)20(15(23)17-16)18-13(21)11-8-12(25-3)19-26-11/h4-8H,1-3H3,(H,17,23)(H,18,21). The van der Waals surface area contributed by atoms with Crippen LogP contribution in [0.3, 0.4) is 0 Å². The molecular formula is C16H16N4O5S. The molecule has 9 nitrogen and oxygen atoms in total. The molecule has 1 aromatic carbocycles. The zero-order valence-electron chi connectivity index (χ0n) is 14.2. The molecule has 10 heteroatoms. The number of aromatic nitrogens is 1. The molecule has 1 unspecified atom stereocenters. The first-order chi connectivity index (χ1) is 12.4. The van der Waals surface area contributed by atoms with Crippen molar-refractivity contribution >= 4 is 29.4 Å². The summed E-state index contributed by atoms with van der Waals surface area (Å²) in [5, 5.41) is 3.27. The number of benzene rings is 1. The second-order valence-electron chi connectivity index (χ2n) is 5.60. The van der Waals surface area contributed by atoms with E-state index in [0.717, 1.165) is 11.5 Å². The van der Waals surface area contributed by atoms with Crippen LogP contribution in [0.4, 0.5) is 4.79 Å². The van der Waals surface area contributed by atoms with Crippen molar-refractivity contribution in [3.63, 3.8) is 0 Å². The molecule has 1 atom stereocenters. The average molecular weight is 376 g/mol. The highest BCUT2D eigenvalue weighted by Gasteiger charge is 2.50. The predicted molar refractivity (Wildman–Crippen MR) is 91.9 cm³/mol. The van der Waals surface area contributed by atoms with E-state index in [1.807, 2.05) is 0 Å². The van der Waals surface area contributed by atoms with E-state index in [-0.39, 0.29) is 10.8 Å². The molecule has 1 fully saturated rings. The van der Waals surface area contributed by atoms with Gasteiger partial charge in [0, 0.05) is 6.07 Å². The molecule has 2 heterocycles. The average Bonchev–Trinajstić information content (AvgIpc) is 3.21. The molecule has 3 rings (SSSR count). The van der Waals surface area contributed by atoms with Crippen LogP contribution in [0.1, 0.15) is 22.2 Å². The van der Waals surface area contributed by atoms with E-state index in [0.29, 0.717) is 16.3 Å². The van der Waals surface area contributed by atoms with Gasteiger partial charge in [0.1, 0.15) is 16.2 Å². The molecule has 4 amide bonds. The maximum absolute atomic E-state index is 12.8. The molecule has 0 aliphatic carbocycles. The van der Waals surface area contributed by atoms with Crippen molar-refractivity contribution in [2.45, 2.75) is 12.5 Å². The van der Waals surface area contributed by atoms with Crippen LogP contribution in [-0.4, -0.2) is 41.4 Å². The topological polar surface area (TPSA) is 110 Å². The molecule has 26 heavy (non-hydrogen) atoms. The molecule has 1 aliphatic heterocycles. The highest BCUT2D eigenvalue weighted by atomic mass is 32.1. The number of methoxy groups -OCH3 is 2. The maximum Gasteiger partial charge on any atom is 0.344 e. The summed E-state index contributed by atoms with van der Waals surface area (Å²) in [6.45, 7) is 1.57. The van der Waals surface area contributed by atoms with Crippen molar-refractivity contribution < 1.29 is 23.9 Å². The summed E-state index contributed by atoms with van der Waals surface area (Å²) in [5.74, 6) is -0.329. The van der Waals surface area contributed by atoms with Crippen molar-refractivity contribution in [2.75, 3.05) is 14.2 Å². The lowest BCUT2D eigenvalue weighted by atomic mass is 9.92. The number of carbonyl (C=O) groups is 3. The number of hydrazine groups is 1. The van der Waals surface area contributed by atoms with Crippen molar-refractivity contribution in [3.05, 3.63) is 40.8 Å². The maximum atomic E-state index is 12.8. The minimum atomic E-state index is -1.30. The van der Waals surface area contributed by atoms with Crippen LogP contribution in [0.5, 0.6) is 11.6 Å². The highest BCUT2D eigenvalue weighted by Crippen LogP contribution is 2.29. The molecule has 0 saturated carbocycles. The largest absolute Gasteiger partial charge is 0.497 e. The number of hydrogen-bond acceptors (Lipinski definition) is 7. The Morgan fingerprint density at radius 3 is 2.50 bits per heavy atom. The summed E-state index contributed by atoms with van der Waals surface area (Å²) in [7, 11) is 2.96. The van der Waals surface area contributed by atoms with Gasteiger partial charge in [-0.05, 0) is 36.2 Å². The van der Waals surface area contributed by atoms with Crippen molar-refractivity contribution in [1.82, 2.24) is 20.1 Å². The molecule has 2 aromatic rings. The fourth-order valence-corrected chi connectivity index (χ4v) is 3.08. The lowest BCUT2D eigenvalue weighted by Crippen LogP contribution is -2.47. The lowest BCUT2D eigenvalue weighted by molar-refractivity contribution is -0.132. The van der Waals surface area contributed by atoms with Gasteiger partial charge >= 0.3 is 6.03 Å². The normalized spacial score (nSPS) is 19.3. The second kappa shape index (κ2) is 6.64. The summed E-state index contributed by atoms with van der Waals surface area (Å²) in [4.78, 5) is 37.5. The minimum absolute atomic E-state index is 0.209. The van der Waals surface area contributed by atoms with Gasteiger partial charge in [-0.15, -0.1) is 0 Å². The van der Waals surface area contributed by atoms with Gasteiger partial charge in [0.15, 0.2) is 0 Å². The first-order valence-electron chi connectivity index (χ1n) is 7.52. The highest BCUT2D eigenvalue weighted by molar-refractivity contribution is 7.08. The number of rotatable bonds is 5. The smallest absolute Gasteiger partial charge is 0.344 e. The summed E-state index contributed by atoms with van der Waals surface area (Å²) >= 11 is 0.898. The third-order valence-corrected chi connectivity index (χ3v) is 4.76. The molecule has 1 aliphatic rings. The third-order valence-electron chi connectivity index (χ3n) is 3.99. The number of nitrogens with zero attached hydrogens (tertiary/aromatic N) is 2. The second-order valence-corrected chi connectivity index (χ2v) is 6.40. The van der Waals surface area contributed by atoms with Gasteiger partial charge in [0.2, 0.25) is 5.88 Å². The summed E-state index contributed by atoms with van der Waals surface area (Å²) in [5.41, 5.74) is 1.56. The Morgan fingerprint density at radius 2 is 1.92 bits per heavy atom. The molecule has 0 spiro atoms. The first kappa shape index (κ1) is 17.7. The van der Waals surface area contributed by atoms with Crippen LogP contribution in [0.15, 0.2) is 30.3 Å². The number of urea groups is 1. The zero-order valence-corrected chi connectivity index (χ0v) is 15.0. The first-order valence-corrected chi connectivity index (χ1v) is 8.29. The Hall–Kier alpha value is -3.14. The SMILES string of the molecule is COc1ccc(C2(C)NC(=O)N(NC(=O)c3cc(OC)ns3)C2=O)cc1. The van der Waals surface area contributed by atoms with E-state index >= 15 is 0 Å².